The van der Waals surface area contributed by atoms with Crippen molar-refractivity contribution in [2.24, 2.45) is 0 Å². The minimum Gasteiger partial charge on any atom is -0.543 e. The molecule has 100 valence electrons. The Labute approximate surface area is 113 Å². The molecule has 1 fully saturated rings. The molecule has 0 unspecified atom stereocenters. The van der Waals surface area contributed by atoms with E-state index in [0.29, 0.717) is 0 Å². The molecule has 1 saturated carbocycles. The molecule has 0 spiro atoms. The van der Waals surface area contributed by atoms with Crippen LogP contribution in [0.4, 0.5) is 0 Å². The van der Waals surface area contributed by atoms with Gasteiger partial charge in [-0.2, -0.15) is 0 Å². The lowest BCUT2D eigenvalue weighted by molar-refractivity contribution is 0.429. The van der Waals surface area contributed by atoms with Crippen molar-refractivity contribution in [3.05, 3.63) is 30.3 Å². The Hall–Kier alpha value is -0.763. The van der Waals surface area contributed by atoms with Crippen molar-refractivity contribution in [1.82, 2.24) is 0 Å². The Kier molecular flexibility index (Phi) is 4.87. The highest BCUT2D eigenvalue weighted by Gasteiger charge is 2.42. The van der Waals surface area contributed by atoms with Crippen LogP contribution in [0.5, 0.6) is 5.75 Å². The largest absolute Gasteiger partial charge is 0.543 e. The van der Waals surface area contributed by atoms with Crippen LogP contribution in [-0.2, 0) is 0 Å². The lowest BCUT2D eigenvalue weighted by Crippen LogP contribution is -2.46. The summed E-state index contributed by atoms with van der Waals surface area (Å²) >= 11 is 0. The summed E-state index contributed by atoms with van der Waals surface area (Å²) in [5.41, 5.74) is 0.876. The summed E-state index contributed by atoms with van der Waals surface area (Å²) in [5.74, 6) is 1.10. The van der Waals surface area contributed by atoms with Gasteiger partial charge in [-0.1, -0.05) is 51.3 Å². The summed E-state index contributed by atoms with van der Waals surface area (Å²) in [6, 6.07) is 13.0. The maximum Gasteiger partial charge on any atom is 0.253 e. The highest BCUT2D eigenvalue weighted by Crippen LogP contribution is 2.41. The van der Waals surface area contributed by atoms with Crippen LogP contribution in [0, 0.1) is 0 Å². The zero-order valence-corrected chi connectivity index (χ0v) is 12.8. The maximum absolute atomic E-state index is 6.58. The number of para-hydroxylation sites is 1. The van der Waals surface area contributed by atoms with Gasteiger partial charge >= 0.3 is 0 Å². The molecule has 0 saturated heterocycles. The minimum absolute atomic E-state index is 0.876. The molecule has 0 heterocycles. The van der Waals surface area contributed by atoms with Crippen molar-refractivity contribution in [2.75, 3.05) is 0 Å². The molecule has 0 amide bonds. The fourth-order valence-electron chi connectivity index (χ4n) is 3.41. The summed E-state index contributed by atoms with van der Waals surface area (Å²) in [4.78, 5) is 0. The fraction of sp³-hybridized carbons (Fsp3) is 0.625. The number of hydrogen-bond donors (Lipinski definition) is 0. The molecule has 1 aliphatic rings. The lowest BCUT2D eigenvalue weighted by atomic mass is 10.0. The Balaban J connectivity index is 2.14. The molecule has 2 heteroatoms. The van der Waals surface area contributed by atoms with Crippen LogP contribution < -0.4 is 4.43 Å². The van der Waals surface area contributed by atoms with Crippen LogP contribution in [0.25, 0.3) is 0 Å². The second-order valence-electron chi connectivity index (χ2n) is 5.52. The van der Waals surface area contributed by atoms with E-state index in [1.165, 1.54) is 44.2 Å². The van der Waals surface area contributed by atoms with Crippen LogP contribution in [0.3, 0.4) is 0 Å². The zero-order chi connectivity index (χ0) is 12.8. The Bertz CT molecular complexity index is 339. The van der Waals surface area contributed by atoms with Crippen LogP contribution >= 0.6 is 0 Å². The first-order valence-electron chi connectivity index (χ1n) is 7.55. The van der Waals surface area contributed by atoms with Crippen molar-refractivity contribution in [2.45, 2.75) is 63.6 Å². The SMILES string of the molecule is CC[Si](CC)(Oc1ccccc1)C1CCCCC1. The third-order valence-corrected chi connectivity index (χ3v) is 9.71. The van der Waals surface area contributed by atoms with Crippen molar-refractivity contribution >= 4 is 8.32 Å². The Morgan fingerprint density at radius 3 is 2.17 bits per heavy atom. The molecule has 18 heavy (non-hydrogen) atoms. The van der Waals surface area contributed by atoms with Gasteiger partial charge in [-0.15, -0.1) is 0 Å². The summed E-state index contributed by atoms with van der Waals surface area (Å²) in [7, 11) is -1.58. The second-order valence-corrected chi connectivity index (χ2v) is 10.1. The summed E-state index contributed by atoms with van der Waals surface area (Å²) in [6.07, 6.45) is 7.07. The molecule has 1 aromatic rings. The maximum atomic E-state index is 6.58. The van der Waals surface area contributed by atoms with E-state index in [4.69, 9.17) is 4.43 Å². The van der Waals surface area contributed by atoms with E-state index < -0.39 is 8.32 Å². The Morgan fingerprint density at radius 2 is 1.61 bits per heavy atom. The standard InChI is InChI=1S/C16H26OSi/c1-3-18(4-2,16-13-9-6-10-14-16)17-15-11-7-5-8-12-15/h5,7-8,11-12,16H,3-4,6,9-10,13-14H2,1-2H3. The van der Waals surface area contributed by atoms with Gasteiger partial charge in [0.2, 0.25) is 0 Å². The van der Waals surface area contributed by atoms with Crippen molar-refractivity contribution in [3.63, 3.8) is 0 Å². The smallest absolute Gasteiger partial charge is 0.253 e. The van der Waals surface area contributed by atoms with E-state index in [1.807, 2.05) is 0 Å². The van der Waals surface area contributed by atoms with Crippen LogP contribution in [0.1, 0.15) is 46.0 Å². The molecule has 0 bridgehead atoms. The fourth-order valence-corrected chi connectivity index (χ4v) is 7.58. The summed E-state index contributed by atoms with van der Waals surface area (Å²) in [6.45, 7) is 4.68. The third kappa shape index (κ3) is 2.97. The van der Waals surface area contributed by atoms with Crippen molar-refractivity contribution in [1.29, 1.82) is 0 Å². The van der Waals surface area contributed by atoms with Gasteiger partial charge < -0.3 is 4.43 Å². The molecule has 1 aliphatic carbocycles. The van der Waals surface area contributed by atoms with Gasteiger partial charge in [-0.3, -0.25) is 0 Å². The molecule has 0 atom stereocenters. The van der Waals surface area contributed by atoms with E-state index in [9.17, 15) is 0 Å². The van der Waals surface area contributed by atoms with E-state index in [-0.39, 0.29) is 0 Å². The topological polar surface area (TPSA) is 9.23 Å². The molecule has 1 aromatic carbocycles. The number of rotatable bonds is 5. The monoisotopic (exact) mass is 262 g/mol. The molecular formula is C16H26OSi. The number of hydrogen-bond acceptors (Lipinski definition) is 1. The Morgan fingerprint density at radius 1 is 1.00 bits per heavy atom. The van der Waals surface area contributed by atoms with E-state index in [2.05, 4.69) is 44.2 Å². The molecule has 1 nitrogen and oxygen atoms in total. The van der Waals surface area contributed by atoms with Crippen molar-refractivity contribution in [3.8, 4) is 5.75 Å². The van der Waals surface area contributed by atoms with Gasteiger partial charge in [0.1, 0.15) is 5.75 Å². The molecule has 0 radical (unpaired) electrons. The first-order chi connectivity index (χ1) is 8.80. The zero-order valence-electron chi connectivity index (χ0n) is 11.8. The third-order valence-electron chi connectivity index (χ3n) is 4.61. The highest BCUT2D eigenvalue weighted by molar-refractivity contribution is 6.75. The quantitative estimate of drug-likeness (QED) is 0.647. The molecule has 0 aliphatic heterocycles. The average Bonchev–Trinajstić information content (AvgIpc) is 2.47. The van der Waals surface area contributed by atoms with Gasteiger partial charge in [0.15, 0.2) is 0 Å². The normalized spacial score (nSPS) is 17.7. The van der Waals surface area contributed by atoms with Gasteiger partial charge in [0, 0.05) is 0 Å². The van der Waals surface area contributed by atoms with Crippen LogP contribution in [0.2, 0.25) is 17.6 Å². The van der Waals surface area contributed by atoms with Crippen molar-refractivity contribution < 1.29 is 4.43 Å². The summed E-state index contributed by atoms with van der Waals surface area (Å²) in [5, 5.41) is 0. The van der Waals surface area contributed by atoms with Gasteiger partial charge in [0.05, 0.1) is 0 Å². The predicted molar refractivity (Wildman–Crippen MR) is 80.6 cm³/mol. The average molecular weight is 262 g/mol. The van der Waals surface area contributed by atoms with Gasteiger partial charge in [-0.05, 0) is 42.6 Å². The minimum atomic E-state index is -1.58. The van der Waals surface area contributed by atoms with Crippen LogP contribution in [-0.4, -0.2) is 8.32 Å². The lowest BCUT2D eigenvalue weighted by Gasteiger charge is -2.39. The van der Waals surface area contributed by atoms with E-state index in [1.54, 1.807) is 0 Å². The molecular weight excluding hydrogens is 236 g/mol. The molecule has 2 rings (SSSR count). The molecule has 0 aromatic heterocycles. The first kappa shape index (κ1) is 13.7. The van der Waals surface area contributed by atoms with E-state index in [0.717, 1.165) is 11.3 Å². The second kappa shape index (κ2) is 6.42. The highest BCUT2D eigenvalue weighted by atomic mass is 28.4. The first-order valence-corrected chi connectivity index (χ1v) is 9.95. The van der Waals surface area contributed by atoms with Gasteiger partial charge in [0.25, 0.3) is 8.32 Å². The van der Waals surface area contributed by atoms with E-state index >= 15 is 0 Å². The van der Waals surface area contributed by atoms with Crippen LogP contribution in [0.15, 0.2) is 30.3 Å². The van der Waals surface area contributed by atoms with Gasteiger partial charge in [-0.25, -0.2) is 0 Å². The molecule has 0 N–H and O–H groups in total. The summed E-state index contributed by atoms with van der Waals surface area (Å²) < 4.78 is 6.58. The number of benzene rings is 1. The predicted octanol–water partition coefficient (Wildman–Crippen LogP) is 5.39.